The van der Waals surface area contributed by atoms with Gasteiger partial charge in [0.2, 0.25) is 5.95 Å². The number of para-hydroxylation sites is 2. The number of hydrogen-bond donors (Lipinski definition) is 1. The number of fused-ring (bicyclic) bond motifs is 2. The third-order valence-corrected chi connectivity index (χ3v) is 4.40. The van der Waals surface area contributed by atoms with Gasteiger partial charge in [-0.2, -0.15) is 0 Å². The van der Waals surface area contributed by atoms with Crippen molar-refractivity contribution >= 4 is 23.2 Å². The zero-order chi connectivity index (χ0) is 14.9. The Morgan fingerprint density at radius 1 is 1.14 bits per heavy atom. The molecule has 22 heavy (non-hydrogen) atoms. The molecule has 3 heterocycles. The molecule has 0 radical (unpaired) electrons. The Balaban J connectivity index is 1.78. The molecule has 6 heteroatoms. The van der Waals surface area contributed by atoms with E-state index in [-0.39, 0.29) is 0 Å². The largest absolute Gasteiger partial charge is 0.490 e. The van der Waals surface area contributed by atoms with E-state index in [1.165, 1.54) is 0 Å². The summed E-state index contributed by atoms with van der Waals surface area (Å²) in [4.78, 5) is 11.4. The van der Waals surface area contributed by atoms with Crippen LogP contribution in [-0.4, -0.2) is 36.2 Å². The standard InChI is InChI=1S/C16H17ClN4O/c17-15-11-5-7-18-8-6-12(11)19-16(20-15)21-9-10-22-14-4-2-1-3-13(14)21/h1-4,18H,5-10H2. The molecule has 0 unspecified atom stereocenters. The Kier molecular flexibility index (Phi) is 3.60. The lowest BCUT2D eigenvalue weighted by Crippen LogP contribution is -2.30. The van der Waals surface area contributed by atoms with Crippen LogP contribution in [0.5, 0.6) is 5.75 Å². The van der Waals surface area contributed by atoms with Gasteiger partial charge in [-0.3, -0.25) is 0 Å². The molecule has 0 bridgehead atoms. The van der Waals surface area contributed by atoms with Crippen LogP contribution >= 0.6 is 11.6 Å². The minimum atomic E-state index is 0.577. The van der Waals surface area contributed by atoms with Gasteiger partial charge in [-0.05, 0) is 25.1 Å². The van der Waals surface area contributed by atoms with Crippen molar-refractivity contribution in [1.29, 1.82) is 0 Å². The van der Waals surface area contributed by atoms with E-state index < -0.39 is 0 Å². The van der Waals surface area contributed by atoms with Gasteiger partial charge >= 0.3 is 0 Å². The van der Waals surface area contributed by atoms with E-state index in [4.69, 9.17) is 21.3 Å². The molecule has 0 saturated heterocycles. The Morgan fingerprint density at radius 2 is 2.00 bits per heavy atom. The molecule has 2 aromatic rings. The first-order valence-corrected chi connectivity index (χ1v) is 7.96. The Hall–Kier alpha value is -1.85. The van der Waals surface area contributed by atoms with Crippen LogP contribution in [0, 0.1) is 0 Å². The summed E-state index contributed by atoms with van der Waals surface area (Å²) in [6.07, 6.45) is 1.77. The van der Waals surface area contributed by atoms with E-state index in [1.807, 2.05) is 24.3 Å². The third kappa shape index (κ3) is 2.40. The quantitative estimate of drug-likeness (QED) is 0.818. The van der Waals surface area contributed by atoms with E-state index in [0.717, 1.165) is 55.2 Å². The maximum absolute atomic E-state index is 6.43. The first-order chi connectivity index (χ1) is 10.8. The van der Waals surface area contributed by atoms with Crippen LogP contribution in [0.1, 0.15) is 11.3 Å². The summed E-state index contributed by atoms with van der Waals surface area (Å²) in [5, 5.41) is 3.95. The average molecular weight is 317 g/mol. The Labute approximate surface area is 134 Å². The molecular weight excluding hydrogens is 300 g/mol. The van der Waals surface area contributed by atoms with Crippen molar-refractivity contribution in [3.63, 3.8) is 0 Å². The minimum absolute atomic E-state index is 0.577. The lowest BCUT2D eigenvalue weighted by atomic mass is 10.1. The molecule has 1 aromatic heterocycles. The summed E-state index contributed by atoms with van der Waals surface area (Å²) in [6, 6.07) is 7.96. The average Bonchev–Trinajstić information content (AvgIpc) is 2.80. The molecule has 114 valence electrons. The molecule has 1 N–H and O–H groups in total. The fraction of sp³-hybridized carbons (Fsp3) is 0.375. The first-order valence-electron chi connectivity index (χ1n) is 7.58. The summed E-state index contributed by atoms with van der Waals surface area (Å²) in [7, 11) is 0. The summed E-state index contributed by atoms with van der Waals surface area (Å²) >= 11 is 6.43. The fourth-order valence-electron chi connectivity index (χ4n) is 2.98. The van der Waals surface area contributed by atoms with Crippen molar-refractivity contribution in [3.05, 3.63) is 40.7 Å². The van der Waals surface area contributed by atoms with Crippen molar-refractivity contribution in [2.75, 3.05) is 31.1 Å². The predicted molar refractivity (Wildman–Crippen MR) is 86.3 cm³/mol. The van der Waals surface area contributed by atoms with Crippen LogP contribution in [-0.2, 0) is 12.8 Å². The van der Waals surface area contributed by atoms with Gasteiger partial charge in [0.1, 0.15) is 17.5 Å². The summed E-state index contributed by atoms with van der Waals surface area (Å²) in [5.41, 5.74) is 3.14. The van der Waals surface area contributed by atoms with Crippen molar-refractivity contribution in [1.82, 2.24) is 15.3 Å². The number of nitrogens with zero attached hydrogens (tertiary/aromatic N) is 3. The number of hydrogen-bond acceptors (Lipinski definition) is 5. The van der Waals surface area contributed by atoms with Gasteiger partial charge in [0, 0.05) is 18.5 Å². The van der Waals surface area contributed by atoms with Gasteiger partial charge in [0.05, 0.1) is 17.9 Å². The highest BCUT2D eigenvalue weighted by Crippen LogP contribution is 2.35. The van der Waals surface area contributed by atoms with Crippen molar-refractivity contribution in [3.8, 4) is 5.75 Å². The second kappa shape index (κ2) is 5.74. The monoisotopic (exact) mass is 316 g/mol. The van der Waals surface area contributed by atoms with E-state index in [2.05, 4.69) is 15.2 Å². The second-order valence-electron chi connectivity index (χ2n) is 5.46. The predicted octanol–water partition coefficient (Wildman–Crippen LogP) is 2.35. The fourth-order valence-corrected chi connectivity index (χ4v) is 3.26. The van der Waals surface area contributed by atoms with Crippen molar-refractivity contribution < 1.29 is 4.74 Å². The molecule has 0 amide bonds. The van der Waals surface area contributed by atoms with Crippen LogP contribution in [0.4, 0.5) is 11.6 Å². The summed E-state index contributed by atoms with van der Waals surface area (Å²) in [5.74, 6) is 1.53. The highest BCUT2D eigenvalue weighted by molar-refractivity contribution is 6.30. The van der Waals surface area contributed by atoms with Crippen molar-refractivity contribution in [2.24, 2.45) is 0 Å². The summed E-state index contributed by atoms with van der Waals surface area (Å²) in [6.45, 7) is 3.20. The van der Waals surface area contributed by atoms with E-state index in [1.54, 1.807) is 0 Å². The molecule has 0 spiro atoms. The van der Waals surface area contributed by atoms with Crippen LogP contribution in [0.25, 0.3) is 0 Å². The molecule has 2 aliphatic heterocycles. The zero-order valence-corrected chi connectivity index (χ0v) is 12.9. The van der Waals surface area contributed by atoms with E-state index in [0.29, 0.717) is 17.7 Å². The van der Waals surface area contributed by atoms with Crippen LogP contribution in [0.3, 0.4) is 0 Å². The molecule has 2 aliphatic rings. The number of anilines is 2. The number of nitrogens with one attached hydrogen (secondary N) is 1. The number of rotatable bonds is 1. The van der Waals surface area contributed by atoms with Crippen LogP contribution in [0.2, 0.25) is 5.15 Å². The SMILES string of the molecule is Clc1nc(N2CCOc3ccccc32)nc2c1CCNCC2. The maximum Gasteiger partial charge on any atom is 0.231 e. The smallest absolute Gasteiger partial charge is 0.231 e. The van der Waals surface area contributed by atoms with Gasteiger partial charge in [-0.1, -0.05) is 23.7 Å². The first kappa shape index (κ1) is 13.8. The Morgan fingerprint density at radius 3 is 2.95 bits per heavy atom. The van der Waals surface area contributed by atoms with Gasteiger partial charge in [0.15, 0.2) is 0 Å². The normalized spacial score (nSPS) is 17.2. The molecular formula is C16H17ClN4O. The van der Waals surface area contributed by atoms with E-state index in [9.17, 15) is 0 Å². The molecule has 0 aliphatic carbocycles. The van der Waals surface area contributed by atoms with Gasteiger partial charge in [-0.15, -0.1) is 0 Å². The van der Waals surface area contributed by atoms with Crippen LogP contribution in [0.15, 0.2) is 24.3 Å². The number of aromatic nitrogens is 2. The molecule has 4 rings (SSSR count). The third-order valence-electron chi connectivity index (χ3n) is 4.09. The van der Waals surface area contributed by atoms with Crippen molar-refractivity contribution in [2.45, 2.75) is 12.8 Å². The van der Waals surface area contributed by atoms with Gasteiger partial charge < -0.3 is 15.0 Å². The van der Waals surface area contributed by atoms with Crippen LogP contribution < -0.4 is 15.0 Å². The minimum Gasteiger partial charge on any atom is -0.490 e. The lowest BCUT2D eigenvalue weighted by molar-refractivity contribution is 0.313. The molecule has 0 saturated carbocycles. The second-order valence-corrected chi connectivity index (χ2v) is 5.82. The maximum atomic E-state index is 6.43. The highest BCUT2D eigenvalue weighted by atomic mass is 35.5. The number of halogens is 1. The molecule has 0 atom stereocenters. The Bertz CT molecular complexity index is 707. The van der Waals surface area contributed by atoms with Gasteiger partial charge in [0.25, 0.3) is 0 Å². The molecule has 0 fully saturated rings. The summed E-state index contributed by atoms with van der Waals surface area (Å²) < 4.78 is 5.70. The number of ether oxygens (including phenoxy) is 1. The van der Waals surface area contributed by atoms with E-state index >= 15 is 0 Å². The zero-order valence-electron chi connectivity index (χ0n) is 12.2. The highest BCUT2D eigenvalue weighted by Gasteiger charge is 2.24. The number of benzene rings is 1. The lowest BCUT2D eigenvalue weighted by Gasteiger charge is -2.30. The molecule has 1 aromatic carbocycles. The van der Waals surface area contributed by atoms with Gasteiger partial charge in [-0.25, -0.2) is 9.97 Å². The molecule has 5 nitrogen and oxygen atoms in total. The topological polar surface area (TPSA) is 50.3 Å².